The van der Waals surface area contributed by atoms with Gasteiger partial charge in [0, 0.05) is 37.6 Å². The summed E-state index contributed by atoms with van der Waals surface area (Å²) in [4.78, 5) is 2.23. The van der Waals surface area contributed by atoms with Gasteiger partial charge in [0.2, 0.25) is 6.79 Å². The summed E-state index contributed by atoms with van der Waals surface area (Å²) in [6.45, 7) is 2.05. The second kappa shape index (κ2) is 7.88. The van der Waals surface area contributed by atoms with Crippen LogP contribution in [0.25, 0.3) is 0 Å². The van der Waals surface area contributed by atoms with E-state index in [9.17, 15) is 0 Å². The lowest BCUT2D eigenvalue weighted by molar-refractivity contribution is 0.174. The second-order valence-electron chi connectivity index (χ2n) is 5.56. The van der Waals surface area contributed by atoms with Crippen LogP contribution < -0.4 is 25.0 Å². The summed E-state index contributed by atoms with van der Waals surface area (Å²) < 4.78 is 10.6. The Hall–Kier alpha value is -2.47. The first kappa shape index (κ1) is 16.4. The van der Waals surface area contributed by atoms with Crippen LogP contribution in [0, 0.1) is 0 Å². The Balaban J connectivity index is 1.38. The van der Waals surface area contributed by atoms with Gasteiger partial charge in [0.1, 0.15) is 0 Å². The quantitative estimate of drug-likeness (QED) is 0.620. The molecule has 0 saturated carbocycles. The lowest BCUT2D eigenvalue weighted by Crippen LogP contribution is -2.31. The molecule has 0 amide bonds. The van der Waals surface area contributed by atoms with Gasteiger partial charge < -0.3 is 25.0 Å². The molecule has 126 valence electrons. The highest BCUT2D eigenvalue weighted by Crippen LogP contribution is 2.34. The van der Waals surface area contributed by atoms with E-state index in [0.29, 0.717) is 5.11 Å². The Morgan fingerprint density at radius 1 is 1.12 bits per heavy atom. The zero-order chi connectivity index (χ0) is 16.8. The zero-order valence-electron chi connectivity index (χ0n) is 13.6. The van der Waals surface area contributed by atoms with Crippen molar-refractivity contribution in [2.75, 3.05) is 37.1 Å². The van der Waals surface area contributed by atoms with E-state index in [0.717, 1.165) is 36.7 Å². The van der Waals surface area contributed by atoms with Crippen molar-refractivity contribution in [2.24, 2.45) is 0 Å². The number of anilines is 2. The highest BCUT2D eigenvalue weighted by molar-refractivity contribution is 7.80. The monoisotopic (exact) mass is 343 g/mol. The van der Waals surface area contributed by atoms with Gasteiger partial charge in [-0.2, -0.15) is 0 Å². The maximum Gasteiger partial charge on any atom is 0.231 e. The lowest BCUT2D eigenvalue weighted by atomic mass is 10.3. The van der Waals surface area contributed by atoms with E-state index in [1.54, 1.807) is 0 Å². The first-order valence-corrected chi connectivity index (χ1v) is 8.34. The van der Waals surface area contributed by atoms with Crippen LogP contribution in [0.2, 0.25) is 0 Å². The fraction of sp³-hybridized carbons (Fsp3) is 0.278. The third-order valence-electron chi connectivity index (χ3n) is 3.78. The minimum Gasteiger partial charge on any atom is -0.454 e. The third-order valence-corrected chi connectivity index (χ3v) is 4.03. The van der Waals surface area contributed by atoms with Gasteiger partial charge >= 0.3 is 0 Å². The van der Waals surface area contributed by atoms with Crippen LogP contribution >= 0.6 is 12.2 Å². The van der Waals surface area contributed by atoms with Crippen LogP contribution in [0.4, 0.5) is 11.4 Å². The van der Waals surface area contributed by atoms with E-state index in [2.05, 4.69) is 46.8 Å². The molecular formula is C18H21N3O2S. The summed E-state index contributed by atoms with van der Waals surface area (Å²) >= 11 is 5.33. The fourth-order valence-corrected chi connectivity index (χ4v) is 2.70. The summed E-state index contributed by atoms with van der Waals surface area (Å²) in [6, 6.07) is 16.0. The third kappa shape index (κ3) is 4.29. The SMILES string of the molecule is CN(CCCNC(=S)Nc1ccc2c(c1)OCO2)c1ccccc1. The molecule has 0 aromatic heterocycles. The molecule has 0 bridgehead atoms. The summed E-state index contributed by atoms with van der Waals surface area (Å²) in [7, 11) is 2.10. The lowest BCUT2D eigenvalue weighted by Gasteiger charge is -2.19. The molecule has 2 aromatic rings. The summed E-state index contributed by atoms with van der Waals surface area (Å²) in [5.41, 5.74) is 2.11. The molecular weight excluding hydrogens is 322 g/mol. The van der Waals surface area contributed by atoms with Crippen LogP contribution in [0.5, 0.6) is 11.5 Å². The smallest absolute Gasteiger partial charge is 0.231 e. The molecule has 3 rings (SSSR count). The molecule has 0 aliphatic carbocycles. The number of thiocarbonyl (C=S) groups is 1. The van der Waals surface area contributed by atoms with Crippen molar-refractivity contribution >= 4 is 28.7 Å². The Labute approximate surface area is 147 Å². The van der Waals surface area contributed by atoms with Gasteiger partial charge in [-0.1, -0.05) is 18.2 Å². The van der Waals surface area contributed by atoms with E-state index in [4.69, 9.17) is 21.7 Å². The molecule has 5 nitrogen and oxygen atoms in total. The molecule has 2 N–H and O–H groups in total. The topological polar surface area (TPSA) is 45.8 Å². The van der Waals surface area contributed by atoms with E-state index < -0.39 is 0 Å². The van der Waals surface area contributed by atoms with Crippen molar-refractivity contribution in [2.45, 2.75) is 6.42 Å². The maximum absolute atomic E-state index is 5.36. The van der Waals surface area contributed by atoms with Crippen LogP contribution in [0.15, 0.2) is 48.5 Å². The average Bonchev–Trinajstić information content (AvgIpc) is 3.07. The number of hydrogen-bond acceptors (Lipinski definition) is 4. The summed E-state index contributed by atoms with van der Waals surface area (Å²) in [5, 5.41) is 7.00. The molecule has 0 fully saturated rings. The van der Waals surface area contributed by atoms with Gasteiger partial charge in [0.15, 0.2) is 16.6 Å². The minimum atomic E-state index is 0.274. The molecule has 1 aliphatic rings. The van der Waals surface area contributed by atoms with Crippen molar-refractivity contribution in [3.05, 3.63) is 48.5 Å². The van der Waals surface area contributed by atoms with Gasteiger partial charge in [0.25, 0.3) is 0 Å². The van der Waals surface area contributed by atoms with E-state index >= 15 is 0 Å². The van der Waals surface area contributed by atoms with Gasteiger partial charge in [-0.05, 0) is 42.9 Å². The van der Waals surface area contributed by atoms with Gasteiger partial charge in [-0.15, -0.1) is 0 Å². The molecule has 0 unspecified atom stereocenters. The predicted molar refractivity (Wildman–Crippen MR) is 101 cm³/mol. The normalized spacial score (nSPS) is 11.9. The van der Waals surface area contributed by atoms with Crippen LogP contribution in [0.1, 0.15) is 6.42 Å². The minimum absolute atomic E-state index is 0.274. The fourth-order valence-electron chi connectivity index (χ4n) is 2.48. The second-order valence-corrected chi connectivity index (χ2v) is 5.97. The van der Waals surface area contributed by atoms with E-state index in [-0.39, 0.29) is 6.79 Å². The molecule has 0 radical (unpaired) electrons. The molecule has 2 aromatic carbocycles. The van der Waals surface area contributed by atoms with Gasteiger partial charge in [0.05, 0.1) is 0 Å². The van der Waals surface area contributed by atoms with Crippen LogP contribution in [-0.4, -0.2) is 32.0 Å². The van der Waals surface area contributed by atoms with E-state index in [1.807, 2.05) is 24.3 Å². The molecule has 0 spiro atoms. The number of ether oxygens (including phenoxy) is 2. The number of benzene rings is 2. The average molecular weight is 343 g/mol. The molecule has 1 aliphatic heterocycles. The van der Waals surface area contributed by atoms with E-state index in [1.165, 1.54) is 5.69 Å². The molecule has 0 saturated heterocycles. The standard InChI is InChI=1S/C18H21N3O2S/c1-21(15-6-3-2-4-7-15)11-5-10-19-18(24)20-14-8-9-16-17(12-14)23-13-22-16/h2-4,6-9,12H,5,10-11,13H2,1H3,(H2,19,20,24). The highest BCUT2D eigenvalue weighted by Gasteiger charge is 2.13. The first-order valence-electron chi connectivity index (χ1n) is 7.93. The Bertz CT molecular complexity index is 694. The largest absolute Gasteiger partial charge is 0.454 e. The molecule has 1 heterocycles. The Morgan fingerprint density at radius 3 is 2.75 bits per heavy atom. The number of nitrogens with one attached hydrogen (secondary N) is 2. The number of para-hydroxylation sites is 1. The number of fused-ring (bicyclic) bond motifs is 1. The van der Waals surface area contributed by atoms with Gasteiger partial charge in [-0.25, -0.2) is 0 Å². The Morgan fingerprint density at radius 2 is 1.92 bits per heavy atom. The van der Waals surface area contributed by atoms with Crippen LogP contribution in [-0.2, 0) is 0 Å². The molecule has 24 heavy (non-hydrogen) atoms. The van der Waals surface area contributed by atoms with Crippen molar-refractivity contribution in [1.29, 1.82) is 0 Å². The number of nitrogens with zero attached hydrogens (tertiary/aromatic N) is 1. The summed E-state index contributed by atoms with van der Waals surface area (Å²) in [5.74, 6) is 1.51. The number of rotatable bonds is 6. The first-order chi connectivity index (χ1) is 11.7. The van der Waals surface area contributed by atoms with Gasteiger partial charge in [-0.3, -0.25) is 0 Å². The summed E-state index contributed by atoms with van der Waals surface area (Å²) in [6.07, 6.45) is 0.994. The molecule has 6 heteroatoms. The van der Waals surface area contributed by atoms with Crippen LogP contribution in [0.3, 0.4) is 0 Å². The van der Waals surface area contributed by atoms with Crippen molar-refractivity contribution in [3.63, 3.8) is 0 Å². The zero-order valence-corrected chi connectivity index (χ0v) is 14.4. The maximum atomic E-state index is 5.36. The molecule has 0 atom stereocenters. The predicted octanol–water partition coefficient (Wildman–Crippen LogP) is 3.23. The Kier molecular flexibility index (Phi) is 5.38. The van der Waals surface area contributed by atoms with Crippen molar-refractivity contribution < 1.29 is 9.47 Å². The van der Waals surface area contributed by atoms with Crippen molar-refractivity contribution in [1.82, 2.24) is 5.32 Å². The van der Waals surface area contributed by atoms with Crippen molar-refractivity contribution in [3.8, 4) is 11.5 Å². The number of hydrogen-bond donors (Lipinski definition) is 2. The highest BCUT2D eigenvalue weighted by atomic mass is 32.1.